The lowest BCUT2D eigenvalue weighted by atomic mass is 9.93. The third kappa shape index (κ3) is 5.52. The third-order valence-electron chi connectivity index (χ3n) is 7.09. The SMILES string of the molecule is C=Nc1c(/N=C\C)cc(N2CC3CC(C2)O3)cc1O[C@H]1CC[C@@H](Nc2cc(COC)nc(C)n2)CC1. The van der Waals surface area contributed by atoms with E-state index in [0.717, 1.165) is 79.7 Å². The van der Waals surface area contributed by atoms with Gasteiger partial charge in [-0.05, 0) is 52.3 Å². The van der Waals surface area contributed by atoms with Crippen LogP contribution in [-0.2, 0) is 16.1 Å². The van der Waals surface area contributed by atoms with Crippen molar-refractivity contribution < 1.29 is 14.2 Å². The molecule has 1 saturated carbocycles. The fourth-order valence-corrected chi connectivity index (χ4v) is 5.45. The summed E-state index contributed by atoms with van der Waals surface area (Å²) >= 11 is 0. The highest BCUT2D eigenvalue weighted by Gasteiger charge is 2.38. The van der Waals surface area contributed by atoms with Crippen LogP contribution in [0, 0.1) is 6.92 Å². The second-order valence-electron chi connectivity index (χ2n) is 9.84. The molecular formula is C27H36N6O3. The Morgan fingerprint density at radius 3 is 2.58 bits per heavy atom. The lowest BCUT2D eigenvalue weighted by molar-refractivity contribution is -0.133. The first-order chi connectivity index (χ1) is 17.5. The largest absolute Gasteiger partial charge is 0.488 e. The summed E-state index contributed by atoms with van der Waals surface area (Å²) < 4.78 is 17.6. The quantitative estimate of drug-likeness (QED) is 0.504. The van der Waals surface area contributed by atoms with Crippen LogP contribution in [0.5, 0.6) is 5.75 Å². The molecule has 3 saturated heterocycles. The van der Waals surface area contributed by atoms with Gasteiger partial charge in [-0.3, -0.25) is 9.98 Å². The standard InChI is InChI=1S/C27H36N6O3/c1-5-29-24-11-20(33-14-22-13-23(15-33)35-22)12-25(27(24)28-3)36-21-8-6-18(7-9-21)32-26-10-19(16-34-4)30-17(2)31-26/h5,10-12,18,21-23H,3,6-9,13-16H2,1-2,4H3,(H,30,31,32)/b29-5-/t18-,21+,22?,23?. The Hall–Kier alpha value is -3.04. The average molecular weight is 493 g/mol. The Balaban J connectivity index is 1.26. The van der Waals surface area contributed by atoms with Crippen LogP contribution in [0.2, 0.25) is 0 Å². The molecule has 1 aromatic heterocycles. The molecular weight excluding hydrogens is 456 g/mol. The maximum Gasteiger partial charge on any atom is 0.149 e. The number of nitrogens with zero attached hydrogens (tertiary/aromatic N) is 5. The fraction of sp³-hybridized carbons (Fsp3) is 0.556. The zero-order chi connectivity index (χ0) is 25.1. The highest BCUT2D eigenvalue weighted by Crippen LogP contribution is 2.44. The Bertz CT molecular complexity index is 1100. The summed E-state index contributed by atoms with van der Waals surface area (Å²) in [6, 6.07) is 6.51. The number of aromatic nitrogens is 2. The van der Waals surface area contributed by atoms with Crippen LogP contribution in [0.1, 0.15) is 50.5 Å². The smallest absolute Gasteiger partial charge is 0.149 e. The molecule has 4 heterocycles. The molecule has 1 N–H and O–H groups in total. The molecule has 3 aliphatic heterocycles. The van der Waals surface area contributed by atoms with E-state index in [9.17, 15) is 0 Å². The zero-order valence-corrected chi connectivity index (χ0v) is 21.4. The van der Waals surface area contributed by atoms with Gasteiger partial charge in [-0.2, -0.15) is 0 Å². The minimum atomic E-state index is 0.117. The first-order valence-corrected chi connectivity index (χ1v) is 12.8. The van der Waals surface area contributed by atoms with E-state index in [1.165, 1.54) is 0 Å². The van der Waals surface area contributed by atoms with Crippen molar-refractivity contribution in [2.75, 3.05) is 30.4 Å². The van der Waals surface area contributed by atoms with Crippen LogP contribution >= 0.6 is 0 Å². The number of fused-ring (bicyclic) bond motifs is 2. The topological polar surface area (TPSA) is 93.5 Å². The highest BCUT2D eigenvalue weighted by molar-refractivity contribution is 5.80. The molecule has 2 atom stereocenters. The number of hydrogen-bond acceptors (Lipinski definition) is 9. The maximum atomic E-state index is 6.57. The van der Waals surface area contributed by atoms with Gasteiger partial charge in [0.05, 0.1) is 36.3 Å². The predicted molar refractivity (Wildman–Crippen MR) is 143 cm³/mol. The van der Waals surface area contributed by atoms with Gasteiger partial charge in [0, 0.05) is 56.7 Å². The van der Waals surface area contributed by atoms with Gasteiger partial charge in [-0.25, -0.2) is 9.97 Å². The normalized spacial score (nSPS) is 25.5. The Kier molecular flexibility index (Phi) is 7.48. The summed E-state index contributed by atoms with van der Waals surface area (Å²) in [6.45, 7) is 9.91. The number of aryl methyl sites for hydroxylation is 1. The number of methoxy groups -OCH3 is 1. The van der Waals surface area contributed by atoms with E-state index in [4.69, 9.17) is 14.2 Å². The zero-order valence-electron chi connectivity index (χ0n) is 21.4. The molecule has 1 aromatic carbocycles. The second kappa shape index (κ2) is 10.9. The molecule has 9 heteroatoms. The molecule has 192 valence electrons. The number of anilines is 2. The van der Waals surface area contributed by atoms with Crippen LogP contribution < -0.4 is 15.0 Å². The average Bonchev–Trinajstić information content (AvgIpc) is 2.85. The van der Waals surface area contributed by atoms with E-state index >= 15 is 0 Å². The Morgan fingerprint density at radius 2 is 1.92 bits per heavy atom. The van der Waals surface area contributed by atoms with E-state index in [2.05, 4.69) is 49.0 Å². The number of benzene rings is 1. The van der Waals surface area contributed by atoms with E-state index in [-0.39, 0.29) is 6.10 Å². The van der Waals surface area contributed by atoms with Crippen LogP contribution in [0.15, 0.2) is 28.2 Å². The van der Waals surface area contributed by atoms with Crippen LogP contribution in [0.4, 0.5) is 22.9 Å². The van der Waals surface area contributed by atoms with Gasteiger partial charge >= 0.3 is 0 Å². The van der Waals surface area contributed by atoms with Crippen molar-refractivity contribution in [2.45, 2.75) is 76.9 Å². The number of ether oxygens (including phenoxy) is 3. The fourth-order valence-electron chi connectivity index (χ4n) is 5.45. The molecule has 4 fully saturated rings. The van der Waals surface area contributed by atoms with Crippen molar-refractivity contribution in [3.63, 3.8) is 0 Å². The van der Waals surface area contributed by atoms with Gasteiger partial charge < -0.3 is 24.4 Å². The number of rotatable bonds is 9. The lowest BCUT2D eigenvalue weighted by Gasteiger charge is -2.48. The molecule has 0 spiro atoms. The minimum Gasteiger partial charge on any atom is -0.488 e. The van der Waals surface area contributed by atoms with Crippen LogP contribution in [-0.4, -0.2) is 67.5 Å². The molecule has 6 rings (SSSR count). The molecule has 2 unspecified atom stereocenters. The summed E-state index contributed by atoms with van der Waals surface area (Å²) in [6.07, 6.45) is 7.61. The van der Waals surface area contributed by atoms with E-state index in [1.54, 1.807) is 13.3 Å². The van der Waals surface area contributed by atoms with Crippen molar-refractivity contribution in [1.82, 2.24) is 9.97 Å². The molecule has 9 nitrogen and oxygen atoms in total. The van der Waals surface area contributed by atoms with Crippen molar-refractivity contribution in [3.05, 3.63) is 29.7 Å². The summed E-state index contributed by atoms with van der Waals surface area (Å²) in [5, 5.41) is 3.59. The molecule has 1 aliphatic carbocycles. The lowest BCUT2D eigenvalue weighted by Crippen LogP contribution is -2.57. The molecule has 36 heavy (non-hydrogen) atoms. The number of hydrogen-bond donors (Lipinski definition) is 1. The van der Waals surface area contributed by atoms with E-state index in [0.29, 0.717) is 30.5 Å². The number of piperidine rings is 1. The Morgan fingerprint density at radius 1 is 1.17 bits per heavy atom. The monoisotopic (exact) mass is 492 g/mol. The molecule has 2 aromatic rings. The summed E-state index contributed by atoms with van der Waals surface area (Å²) in [7, 11) is 1.68. The molecule has 4 aliphatic rings. The minimum absolute atomic E-state index is 0.117. The van der Waals surface area contributed by atoms with Gasteiger partial charge in [0.15, 0.2) is 0 Å². The first-order valence-electron chi connectivity index (χ1n) is 12.8. The van der Waals surface area contributed by atoms with Crippen molar-refractivity contribution in [2.24, 2.45) is 9.98 Å². The molecule has 0 amide bonds. The molecule has 2 bridgehead atoms. The van der Waals surface area contributed by atoms with Crippen molar-refractivity contribution >= 4 is 35.8 Å². The first kappa shape index (κ1) is 24.6. The summed E-state index contributed by atoms with van der Waals surface area (Å²) in [5.41, 5.74) is 3.49. The number of morpholine rings is 1. The number of nitrogens with one attached hydrogen (secondary N) is 1. The van der Waals surface area contributed by atoms with Gasteiger partial charge in [0.2, 0.25) is 0 Å². The van der Waals surface area contributed by atoms with Crippen LogP contribution in [0.3, 0.4) is 0 Å². The highest BCUT2D eigenvalue weighted by atomic mass is 16.5. The van der Waals surface area contributed by atoms with E-state index in [1.807, 2.05) is 19.9 Å². The molecule has 0 radical (unpaired) electrons. The summed E-state index contributed by atoms with van der Waals surface area (Å²) in [4.78, 5) is 20.2. The third-order valence-corrected chi connectivity index (χ3v) is 7.09. The van der Waals surface area contributed by atoms with Crippen LogP contribution in [0.25, 0.3) is 0 Å². The Labute approximate surface area is 213 Å². The van der Waals surface area contributed by atoms with Gasteiger partial charge in [0.25, 0.3) is 0 Å². The predicted octanol–water partition coefficient (Wildman–Crippen LogP) is 4.77. The van der Waals surface area contributed by atoms with Crippen molar-refractivity contribution in [3.8, 4) is 5.75 Å². The van der Waals surface area contributed by atoms with Gasteiger partial charge in [-0.1, -0.05) is 0 Å². The van der Waals surface area contributed by atoms with E-state index < -0.39 is 0 Å². The van der Waals surface area contributed by atoms with Gasteiger partial charge in [0.1, 0.15) is 23.1 Å². The van der Waals surface area contributed by atoms with Crippen molar-refractivity contribution in [1.29, 1.82) is 0 Å². The second-order valence-corrected chi connectivity index (χ2v) is 9.84. The number of aliphatic imine (C=N–C) groups is 2. The van der Waals surface area contributed by atoms with Gasteiger partial charge in [-0.15, -0.1) is 0 Å². The maximum absolute atomic E-state index is 6.57. The summed E-state index contributed by atoms with van der Waals surface area (Å²) in [5.74, 6) is 2.36.